The molecule has 1 saturated carbocycles. The highest BCUT2D eigenvalue weighted by molar-refractivity contribution is 5.83. The molecule has 2 amide bonds. The highest BCUT2D eigenvalue weighted by atomic mass is 16.2. The average Bonchev–Trinajstić information content (AvgIpc) is 3.09. The number of hydrogen-bond acceptors (Lipinski definition) is 3. The van der Waals surface area contributed by atoms with Crippen LogP contribution in [0, 0.1) is 5.92 Å². The number of rotatable bonds is 8. The minimum Gasteiger partial charge on any atom is -0.355 e. The molecule has 1 aliphatic carbocycles. The minimum absolute atomic E-state index is 0.0284. The molecule has 0 spiro atoms. The lowest BCUT2D eigenvalue weighted by molar-refractivity contribution is -0.123. The van der Waals surface area contributed by atoms with Gasteiger partial charge in [-0.15, -0.1) is 0 Å². The first-order valence-electron chi connectivity index (χ1n) is 6.79. The Balaban J connectivity index is 2.08. The van der Waals surface area contributed by atoms with Gasteiger partial charge in [-0.3, -0.25) is 14.9 Å². The molecule has 1 fully saturated rings. The largest absolute Gasteiger partial charge is 0.355 e. The fourth-order valence-electron chi connectivity index (χ4n) is 1.48. The first kappa shape index (κ1) is 15.0. The van der Waals surface area contributed by atoms with Crippen LogP contribution < -0.4 is 16.0 Å². The van der Waals surface area contributed by atoms with E-state index in [1.165, 1.54) is 0 Å². The van der Waals surface area contributed by atoms with Crippen molar-refractivity contribution >= 4 is 11.8 Å². The standard InChI is InChI=1S/C13H25N3O2/c1-9(2)6-7-14-13(18)10(3)15-8-12(17)16-11-4-5-11/h9-11,15H,4-8H2,1-3H3,(H,14,18)(H,16,17). The predicted octanol–water partition coefficient (Wildman–Crippen LogP) is 0.405. The minimum atomic E-state index is -0.331. The first-order valence-corrected chi connectivity index (χ1v) is 6.79. The van der Waals surface area contributed by atoms with Crippen LogP contribution >= 0.6 is 0 Å². The molecule has 3 N–H and O–H groups in total. The molecule has 5 heteroatoms. The van der Waals surface area contributed by atoms with E-state index in [1.807, 2.05) is 0 Å². The van der Waals surface area contributed by atoms with E-state index in [9.17, 15) is 9.59 Å². The zero-order valence-corrected chi connectivity index (χ0v) is 11.6. The summed E-state index contributed by atoms with van der Waals surface area (Å²) in [7, 11) is 0. The van der Waals surface area contributed by atoms with Crippen LogP contribution in [0.4, 0.5) is 0 Å². The lowest BCUT2D eigenvalue weighted by Gasteiger charge is -2.14. The topological polar surface area (TPSA) is 70.2 Å². The van der Waals surface area contributed by atoms with Crippen LogP contribution in [0.5, 0.6) is 0 Å². The van der Waals surface area contributed by atoms with Crippen LogP contribution in [0.3, 0.4) is 0 Å². The van der Waals surface area contributed by atoms with E-state index < -0.39 is 0 Å². The third-order valence-corrected chi connectivity index (χ3v) is 2.93. The Kier molecular flexibility index (Phi) is 6.12. The molecule has 18 heavy (non-hydrogen) atoms. The molecule has 0 bridgehead atoms. The molecule has 1 rings (SSSR count). The van der Waals surface area contributed by atoms with Crippen molar-refractivity contribution in [2.24, 2.45) is 5.92 Å². The average molecular weight is 255 g/mol. The third-order valence-electron chi connectivity index (χ3n) is 2.93. The van der Waals surface area contributed by atoms with Crippen molar-refractivity contribution in [2.45, 2.75) is 52.1 Å². The molecule has 1 aliphatic rings. The number of nitrogens with one attached hydrogen (secondary N) is 3. The third kappa shape index (κ3) is 6.59. The Bertz CT molecular complexity index is 288. The Labute approximate surface area is 109 Å². The maximum Gasteiger partial charge on any atom is 0.236 e. The van der Waals surface area contributed by atoms with Gasteiger partial charge in [-0.25, -0.2) is 0 Å². The van der Waals surface area contributed by atoms with Crippen molar-refractivity contribution in [2.75, 3.05) is 13.1 Å². The summed E-state index contributed by atoms with van der Waals surface area (Å²) < 4.78 is 0. The van der Waals surface area contributed by atoms with E-state index in [0.29, 0.717) is 18.5 Å². The zero-order chi connectivity index (χ0) is 13.5. The molecule has 0 aromatic rings. The van der Waals surface area contributed by atoms with Crippen molar-refractivity contribution < 1.29 is 9.59 Å². The highest BCUT2D eigenvalue weighted by Crippen LogP contribution is 2.18. The Morgan fingerprint density at radius 2 is 1.89 bits per heavy atom. The molecule has 0 radical (unpaired) electrons. The summed E-state index contributed by atoms with van der Waals surface area (Å²) in [6, 6.07) is 0.0385. The monoisotopic (exact) mass is 255 g/mol. The van der Waals surface area contributed by atoms with Crippen molar-refractivity contribution in [1.29, 1.82) is 0 Å². The first-order chi connectivity index (χ1) is 8.49. The van der Waals surface area contributed by atoms with Gasteiger partial charge >= 0.3 is 0 Å². The smallest absolute Gasteiger partial charge is 0.236 e. The van der Waals surface area contributed by atoms with Gasteiger partial charge in [-0.1, -0.05) is 13.8 Å². The molecule has 0 heterocycles. The summed E-state index contributed by atoms with van der Waals surface area (Å²) >= 11 is 0. The molecule has 1 atom stereocenters. The molecule has 1 unspecified atom stereocenters. The molecule has 0 aromatic carbocycles. The van der Waals surface area contributed by atoms with E-state index in [-0.39, 0.29) is 24.4 Å². The van der Waals surface area contributed by atoms with Crippen LogP contribution in [0.25, 0.3) is 0 Å². The quantitative estimate of drug-likeness (QED) is 0.588. The summed E-state index contributed by atoms with van der Waals surface area (Å²) in [4.78, 5) is 23.1. The van der Waals surface area contributed by atoms with Crippen LogP contribution in [0.15, 0.2) is 0 Å². The van der Waals surface area contributed by atoms with E-state index in [0.717, 1.165) is 19.3 Å². The highest BCUT2D eigenvalue weighted by Gasteiger charge is 2.23. The summed E-state index contributed by atoms with van der Waals surface area (Å²) in [6.07, 6.45) is 3.13. The Morgan fingerprint density at radius 1 is 1.22 bits per heavy atom. The number of hydrogen-bond donors (Lipinski definition) is 3. The summed E-state index contributed by atoms with van der Waals surface area (Å²) in [5.74, 6) is 0.507. The molecule has 0 aliphatic heterocycles. The summed E-state index contributed by atoms with van der Waals surface area (Å²) in [5, 5.41) is 8.66. The molecular weight excluding hydrogens is 230 g/mol. The summed E-state index contributed by atoms with van der Waals surface area (Å²) in [5.41, 5.74) is 0. The van der Waals surface area contributed by atoms with Gasteiger partial charge in [-0.05, 0) is 32.1 Å². The van der Waals surface area contributed by atoms with E-state index in [1.54, 1.807) is 6.92 Å². The van der Waals surface area contributed by atoms with Gasteiger partial charge in [0.1, 0.15) is 0 Å². The SMILES string of the molecule is CC(C)CCNC(=O)C(C)NCC(=O)NC1CC1. The van der Waals surface area contributed by atoms with Crippen molar-refractivity contribution in [3.63, 3.8) is 0 Å². The fraction of sp³-hybridized carbons (Fsp3) is 0.846. The maximum absolute atomic E-state index is 11.7. The molecule has 104 valence electrons. The van der Waals surface area contributed by atoms with Crippen molar-refractivity contribution in [3.8, 4) is 0 Å². The second kappa shape index (κ2) is 7.36. The number of carbonyl (C=O) groups excluding carboxylic acids is 2. The van der Waals surface area contributed by atoms with Gasteiger partial charge in [0.2, 0.25) is 11.8 Å². The second-order valence-electron chi connectivity index (χ2n) is 5.42. The predicted molar refractivity (Wildman–Crippen MR) is 71.1 cm³/mol. The van der Waals surface area contributed by atoms with Gasteiger partial charge in [0.25, 0.3) is 0 Å². The molecule has 0 aromatic heterocycles. The maximum atomic E-state index is 11.7. The second-order valence-corrected chi connectivity index (χ2v) is 5.42. The number of carbonyl (C=O) groups is 2. The summed E-state index contributed by atoms with van der Waals surface area (Å²) in [6.45, 7) is 6.91. The van der Waals surface area contributed by atoms with Crippen LogP contribution in [0.2, 0.25) is 0 Å². The van der Waals surface area contributed by atoms with Gasteiger partial charge in [0.05, 0.1) is 12.6 Å². The van der Waals surface area contributed by atoms with Crippen LogP contribution in [0.1, 0.15) is 40.0 Å². The van der Waals surface area contributed by atoms with Gasteiger partial charge in [0.15, 0.2) is 0 Å². The van der Waals surface area contributed by atoms with Crippen LogP contribution in [-0.4, -0.2) is 37.0 Å². The Morgan fingerprint density at radius 3 is 2.44 bits per heavy atom. The number of amides is 2. The van der Waals surface area contributed by atoms with Gasteiger partial charge in [0, 0.05) is 12.6 Å². The lowest BCUT2D eigenvalue weighted by atomic mass is 10.1. The van der Waals surface area contributed by atoms with Crippen LogP contribution in [-0.2, 0) is 9.59 Å². The van der Waals surface area contributed by atoms with Crippen molar-refractivity contribution in [3.05, 3.63) is 0 Å². The van der Waals surface area contributed by atoms with E-state index in [4.69, 9.17) is 0 Å². The van der Waals surface area contributed by atoms with Gasteiger partial charge < -0.3 is 10.6 Å². The normalized spacial score (nSPS) is 16.4. The van der Waals surface area contributed by atoms with E-state index >= 15 is 0 Å². The van der Waals surface area contributed by atoms with Gasteiger partial charge in [-0.2, -0.15) is 0 Å². The fourth-order valence-corrected chi connectivity index (χ4v) is 1.48. The van der Waals surface area contributed by atoms with Crippen molar-refractivity contribution in [1.82, 2.24) is 16.0 Å². The molecule has 5 nitrogen and oxygen atoms in total. The lowest BCUT2D eigenvalue weighted by Crippen LogP contribution is -2.46. The zero-order valence-electron chi connectivity index (χ0n) is 11.6. The molecule has 0 saturated heterocycles. The van der Waals surface area contributed by atoms with E-state index in [2.05, 4.69) is 29.8 Å². The Hall–Kier alpha value is -1.10. The molecular formula is C13H25N3O2.